The first kappa shape index (κ1) is 17.9. The number of aliphatic carboxylic acids is 1. The monoisotopic (exact) mass is 320 g/mol. The quantitative estimate of drug-likeness (QED) is 0.690. The molecule has 0 aromatic carbocycles. The molecule has 122 valence electrons. The Labute approximate surface area is 125 Å². The maximum atomic E-state index is 12.2. The molecule has 0 radical (unpaired) electrons. The second-order valence-corrected chi connectivity index (χ2v) is 8.25. The third-order valence-electron chi connectivity index (χ3n) is 3.49. The van der Waals surface area contributed by atoms with E-state index in [0.29, 0.717) is 13.0 Å². The zero-order valence-electron chi connectivity index (χ0n) is 12.8. The predicted molar refractivity (Wildman–Crippen MR) is 78.7 cm³/mol. The van der Waals surface area contributed by atoms with Gasteiger partial charge in [0.05, 0.1) is 24.6 Å². The Bertz CT molecular complexity index is 489. The number of likely N-dealkylation sites (N-methyl/N-ethyl adjacent to an activating group) is 1. The maximum Gasteiger partial charge on any atom is 0.317 e. The van der Waals surface area contributed by atoms with Gasteiger partial charge in [0, 0.05) is 19.6 Å². The zero-order chi connectivity index (χ0) is 16.2. The van der Waals surface area contributed by atoms with Crippen molar-refractivity contribution in [3.05, 3.63) is 0 Å². The fraction of sp³-hybridized carbons (Fsp3) is 0.846. The number of hydrogen-bond acceptors (Lipinski definition) is 5. The van der Waals surface area contributed by atoms with Gasteiger partial charge in [-0.05, 0) is 12.3 Å². The van der Waals surface area contributed by atoms with Crippen LogP contribution in [0.15, 0.2) is 0 Å². The van der Waals surface area contributed by atoms with Crippen LogP contribution < -0.4 is 0 Å². The highest BCUT2D eigenvalue weighted by Gasteiger charge is 2.33. The van der Waals surface area contributed by atoms with Gasteiger partial charge in [0.1, 0.15) is 0 Å². The fourth-order valence-corrected chi connectivity index (χ4v) is 4.25. The molecule has 1 fully saturated rings. The number of amides is 1. The molecule has 1 aliphatic heterocycles. The van der Waals surface area contributed by atoms with Gasteiger partial charge in [0.2, 0.25) is 5.91 Å². The van der Waals surface area contributed by atoms with Gasteiger partial charge in [-0.25, -0.2) is 8.42 Å². The summed E-state index contributed by atoms with van der Waals surface area (Å²) in [4.78, 5) is 26.1. The molecule has 0 bridgehead atoms. The van der Waals surface area contributed by atoms with Crippen molar-refractivity contribution in [2.24, 2.45) is 5.92 Å². The summed E-state index contributed by atoms with van der Waals surface area (Å²) in [7, 11) is -1.46. The van der Waals surface area contributed by atoms with E-state index in [1.54, 1.807) is 11.9 Å². The lowest BCUT2D eigenvalue weighted by molar-refractivity contribution is -0.140. The molecule has 1 saturated heterocycles. The van der Waals surface area contributed by atoms with E-state index in [1.165, 1.54) is 4.90 Å². The number of carbonyl (C=O) groups excluding carboxylic acids is 1. The molecule has 0 aromatic heterocycles. The first-order valence-corrected chi connectivity index (χ1v) is 8.83. The highest BCUT2D eigenvalue weighted by molar-refractivity contribution is 7.91. The van der Waals surface area contributed by atoms with Crippen LogP contribution in [0.3, 0.4) is 0 Å². The Morgan fingerprint density at radius 2 is 1.90 bits per heavy atom. The topological polar surface area (TPSA) is 95.0 Å². The largest absolute Gasteiger partial charge is 0.480 e. The van der Waals surface area contributed by atoms with Crippen molar-refractivity contribution in [3.8, 4) is 0 Å². The van der Waals surface area contributed by atoms with Crippen LogP contribution in [0.1, 0.15) is 20.3 Å². The summed E-state index contributed by atoms with van der Waals surface area (Å²) in [6.07, 6.45) is 0.452. The van der Waals surface area contributed by atoms with E-state index in [1.807, 2.05) is 13.8 Å². The molecule has 21 heavy (non-hydrogen) atoms. The minimum Gasteiger partial charge on any atom is -0.480 e. The second kappa shape index (κ2) is 7.22. The van der Waals surface area contributed by atoms with Crippen molar-refractivity contribution in [3.63, 3.8) is 0 Å². The van der Waals surface area contributed by atoms with Crippen molar-refractivity contribution in [2.45, 2.75) is 26.3 Å². The van der Waals surface area contributed by atoms with Crippen LogP contribution in [0.5, 0.6) is 0 Å². The van der Waals surface area contributed by atoms with E-state index < -0.39 is 15.8 Å². The molecule has 1 rings (SSSR count). The first-order valence-electron chi connectivity index (χ1n) is 7.01. The number of nitrogens with zero attached hydrogens (tertiary/aromatic N) is 2. The van der Waals surface area contributed by atoms with Gasteiger partial charge in [0.15, 0.2) is 9.84 Å². The summed E-state index contributed by atoms with van der Waals surface area (Å²) in [5.41, 5.74) is 0. The summed E-state index contributed by atoms with van der Waals surface area (Å²) >= 11 is 0. The van der Waals surface area contributed by atoms with Gasteiger partial charge in [-0.1, -0.05) is 13.8 Å². The lowest BCUT2D eigenvalue weighted by Crippen LogP contribution is -2.46. The SMILES string of the molecule is CC(C)CN(CC(=O)O)CC(=O)N(C)C1CCS(=O)(=O)C1. The molecule has 8 heteroatoms. The van der Waals surface area contributed by atoms with Crippen LogP contribution in [0.4, 0.5) is 0 Å². The molecule has 1 aliphatic rings. The van der Waals surface area contributed by atoms with Crippen LogP contribution in [0.2, 0.25) is 0 Å². The summed E-state index contributed by atoms with van der Waals surface area (Å²) in [5, 5.41) is 8.88. The zero-order valence-corrected chi connectivity index (χ0v) is 13.6. The van der Waals surface area contributed by atoms with E-state index in [2.05, 4.69) is 0 Å². The smallest absolute Gasteiger partial charge is 0.317 e. The molecule has 1 amide bonds. The minimum absolute atomic E-state index is 0.00164. The lowest BCUT2D eigenvalue weighted by Gasteiger charge is -2.28. The summed E-state index contributed by atoms with van der Waals surface area (Å²) in [5.74, 6) is -0.860. The molecule has 0 aromatic rings. The normalized spacial score (nSPS) is 20.9. The number of carboxylic acids is 1. The van der Waals surface area contributed by atoms with Gasteiger partial charge in [-0.15, -0.1) is 0 Å². The van der Waals surface area contributed by atoms with E-state index in [9.17, 15) is 18.0 Å². The number of hydrogen-bond donors (Lipinski definition) is 1. The molecule has 0 aliphatic carbocycles. The molecule has 1 unspecified atom stereocenters. The molecule has 0 saturated carbocycles. The predicted octanol–water partition coefficient (Wildman–Crippen LogP) is -0.325. The molecule has 1 N–H and O–H groups in total. The van der Waals surface area contributed by atoms with E-state index >= 15 is 0 Å². The average Bonchev–Trinajstić information content (AvgIpc) is 2.66. The Morgan fingerprint density at radius 3 is 2.33 bits per heavy atom. The van der Waals surface area contributed by atoms with Crippen molar-refractivity contribution in [2.75, 3.05) is 38.2 Å². The van der Waals surface area contributed by atoms with Gasteiger partial charge in [0.25, 0.3) is 0 Å². The fourth-order valence-electron chi connectivity index (χ4n) is 2.48. The van der Waals surface area contributed by atoms with Crippen LogP contribution in [-0.4, -0.2) is 79.4 Å². The molecule has 0 spiro atoms. The third-order valence-corrected chi connectivity index (χ3v) is 5.24. The lowest BCUT2D eigenvalue weighted by atomic mass is 10.2. The standard InChI is InChI=1S/C13H24N2O5S/c1-10(2)6-15(8-13(17)18)7-12(16)14(3)11-4-5-21(19,20)9-11/h10-11H,4-9H2,1-3H3,(H,17,18). The highest BCUT2D eigenvalue weighted by Crippen LogP contribution is 2.16. The van der Waals surface area contributed by atoms with Crippen LogP contribution >= 0.6 is 0 Å². The van der Waals surface area contributed by atoms with E-state index in [4.69, 9.17) is 5.11 Å². The summed E-state index contributed by atoms with van der Waals surface area (Å²) in [6.45, 7) is 4.21. The van der Waals surface area contributed by atoms with Crippen LogP contribution in [0.25, 0.3) is 0 Å². The Balaban J connectivity index is 2.61. The average molecular weight is 320 g/mol. The number of carboxylic acid groups (broad SMARTS) is 1. The molecule has 1 heterocycles. The van der Waals surface area contributed by atoms with Gasteiger partial charge >= 0.3 is 5.97 Å². The highest BCUT2D eigenvalue weighted by atomic mass is 32.2. The Hall–Kier alpha value is -1.15. The molecule has 1 atom stereocenters. The Morgan fingerprint density at radius 1 is 1.29 bits per heavy atom. The van der Waals surface area contributed by atoms with Crippen molar-refractivity contribution in [1.82, 2.24) is 9.80 Å². The summed E-state index contributed by atoms with van der Waals surface area (Å²) < 4.78 is 22.9. The maximum absolute atomic E-state index is 12.2. The van der Waals surface area contributed by atoms with Crippen molar-refractivity contribution < 1.29 is 23.1 Å². The number of carbonyl (C=O) groups is 2. The van der Waals surface area contributed by atoms with Gasteiger partial charge < -0.3 is 10.0 Å². The molecular formula is C13H24N2O5S. The Kier molecular flexibility index (Phi) is 6.15. The van der Waals surface area contributed by atoms with E-state index in [0.717, 1.165) is 0 Å². The molecule has 7 nitrogen and oxygen atoms in total. The molecular weight excluding hydrogens is 296 g/mol. The second-order valence-electron chi connectivity index (χ2n) is 6.02. The van der Waals surface area contributed by atoms with Gasteiger partial charge in [-0.3, -0.25) is 14.5 Å². The third kappa shape index (κ3) is 6.01. The number of sulfone groups is 1. The van der Waals surface area contributed by atoms with Crippen LogP contribution in [0, 0.1) is 5.92 Å². The summed E-state index contributed by atoms with van der Waals surface area (Å²) in [6, 6.07) is -0.298. The van der Waals surface area contributed by atoms with E-state index in [-0.39, 0.29) is 42.5 Å². The van der Waals surface area contributed by atoms with Crippen LogP contribution in [-0.2, 0) is 19.4 Å². The minimum atomic E-state index is -3.04. The number of rotatable bonds is 7. The van der Waals surface area contributed by atoms with Crippen molar-refractivity contribution in [1.29, 1.82) is 0 Å². The van der Waals surface area contributed by atoms with Crippen molar-refractivity contribution >= 4 is 21.7 Å². The first-order chi connectivity index (χ1) is 9.60. The van der Waals surface area contributed by atoms with Gasteiger partial charge in [-0.2, -0.15) is 0 Å².